The minimum absolute atomic E-state index is 0.113. The lowest BCUT2D eigenvalue weighted by molar-refractivity contribution is -0.0792. The third-order valence-corrected chi connectivity index (χ3v) is 7.84. The van der Waals surface area contributed by atoms with Gasteiger partial charge in [-0.1, -0.05) is 12.1 Å². The van der Waals surface area contributed by atoms with Crippen molar-refractivity contribution in [3.05, 3.63) is 41.4 Å². The number of carbonyl (C=O) groups excluding carboxylic acids is 1. The Balaban J connectivity index is 1.34. The van der Waals surface area contributed by atoms with Crippen LogP contribution in [0.1, 0.15) is 36.2 Å². The van der Waals surface area contributed by atoms with Crippen LogP contribution in [0.15, 0.2) is 35.7 Å². The number of carbonyl (C=O) groups is 1. The molecule has 4 saturated heterocycles. The second-order valence-electron chi connectivity index (χ2n) is 8.25. The number of hydrogen-bond donors (Lipinski definition) is 1. The highest BCUT2D eigenvalue weighted by Crippen LogP contribution is 2.44. The normalized spacial score (nSPS) is 29.7. The van der Waals surface area contributed by atoms with E-state index in [2.05, 4.69) is 56.7 Å². The average molecular weight is 379 g/mol. The molecule has 1 aromatic carbocycles. The van der Waals surface area contributed by atoms with Crippen LogP contribution in [0.25, 0.3) is 21.3 Å². The molecule has 4 aliphatic rings. The molecule has 3 aromatic rings. The quantitative estimate of drug-likeness (QED) is 0.739. The van der Waals surface area contributed by atoms with E-state index in [0.717, 1.165) is 42.1 Å². The van der Waals surface area contributed by atoms with E-state index in [1.165, 1.54) is 4.88 Å². The molecule has 0 aliphatic carbocycles. The van der Waals surface area contributed by atoms with Gasteiger partial charge in [0.1, 0.15) is 0 Å². The van der Waals surface area contributed by atoms with Crippen LogP contribution in [-0.4, -0.2) is 57.1 Å². The number of thiophene rings is 1. The van der Waals surface area contributed by atoms with Crippen LogP contribution in [-0.2, 0) is 0 Å². The van der Waals surface area contributed by atoms with Gasteiger partial charge in [0.15, 0.2) is 5.69 Å². The lowest BCUT2D eigenvalue weighted by atomic mass is 9.73. The Bertz CT molecular complexity index is 994. The van der Waals surface area contributed by atoms with Crippen molar-refractivity contribution in [2.75, 3.05) is 7.05 Å². The van der Waals surface area contributed by atoms with Crippen molar-refractivity contribution in [3.63, 3.8) is 0 Å². The van der Waals surface area contributed by atoms with Gasteiger partial charge in [-0.3, -0.25) is 9.89 Å². The lowest BCUT2D eigenvalue weighted by Gasteiger charge is -2.60. The van der Waals surface area contributed by atoms with Crippen LogP contribution >= 0.6 is 11.3 Å². The minimum Gasteiger partial charge on any atom is -0.331 e. The Morgan fingerprint density at radius 3 is 2.52 bits per heavy atom. The summed E-state index contributed by atoms with van der Waals surface area (Å²) in [6.07, 6.45) is 4.44. The molecule has 0 saturated carbocycles. The highest BCUT2D eigenvalue weighted by molar-refractivity contribution is 7.13. The predicted octanol–water partition coefficient (Wildman–Crippen LogP) is 3.74. The van der Waals surface area contributed by atoms with Gasteiger partial charge >= 0.3 is 0 Å². The maximum Gasteiger partial charge on any atom is 0.275 e. The summed E-state index contributed by atoms with van der Waals surface area (Å²) in [6, 6.07) is 12.5. The zero-order valence-electron chi connectivity index (χ0n) is 15.3. The van der Waals surface area contributed by atoms with Crippen LogP contribution in [0.5, 0.6) is 0 Å². The summed E-state index contributed by atoms with van der Waals surface area (Å²) in [6.45, 7) is 0. The number of rotatable bonds is 2. The first-order chi connectivity index (χ1) is 13.2. The van der Waals surface area contributed by atoms with Crippen molar-refractivity contribution in [2.45, 2.75) is 49.9 Å². The van der Waals surface area contributed by atoms with E-state index in [0.29, 0.717) is 29.9 Å². The summed E-state index contributed by atoms with van der Waals surface area (Å²) in [5.41, 5.74) is 2.69. The summed E-state index contributed by atoms with van der Waals surface area (Å²) < 4.78 is 0. The van der Waals surface area contributed by atoms with Crippen LogP contribution in [0, 0.1) is 0 Å². The molecule has 6 heteroatoms. The lowest BCUT2D eigenvalue weighted by Crippen LogP contribution is -2.68. The topological polar surface area (TPSA) is 52.2 Å². The maximum absolute atomic E-state index is 13.4. The van der Waals surface area contributed by atoms with Gasteiger partial charge in [0.2, 0.25) is 0 Å². The van der Waals surface area contributed by atoms with E-state index in [9.17, 15) is 4.79 Å². The van der Waals surface area contributed by atoms with Gasteiger partial charge in [-0.05, 0) is 61.9 Å². The Kier molecular flexibility index (Phi) is 3.32. The Hall–Kier alpha value is -2.18. The van der Waals surface area contributed by atoms with Crippen LogP contribution < -0.4 is 0 Å². The number of aromatic nitrogens is 2. The first-order valence-corrected chi connectivity index (χ1v) is 10.6. The van der Waals surface area contributed by atoms with E-state index in [4.69, 9.17) is 0 Å². The first kappa shape index (κ1) is 15.8. The number of nitrogens with one attached hydrogen (secondary N) is 1. The molecule has 1 N–H and O–H groups in total. The van der Waals surface area contributed by atoms with E-state index < -0.39 is 0 Å². The molecule has 0 radical (unpaired) electrons. The zero-order valence-corrected chi connectivity index (χ0v) is 16.1. The molecule has 5 nitrogen and oxygen atoms in total. The molecule has 27 heavy (non-hydrogen) atoms. The zero-order chi connectivity index (χ0) is 18.1. The molecule has 138 valence electrons. The number of aromatic amines is 1. The number of piperidine rings is 4. The Morgan fingerprint density at radius 1 is 1.11 bits per heavy atom. The molecule has 4 fully saturated rings. The third kappa shape index (κ3) is 2.26. The van der Waals surface area contributed by atoms with Gasteiger partial charge in [0, 0.05) is 34.4 Å². The minimum atomic E-state index is 0.113. The fourth-order valence-corrected chi connectivity index (χ4v) is 6.31. The first-order valence-electron chi connectivity index (χ1n) is 9.75. The Morgan fingerprint density at radius 2 is 1.85 bits per heavy atom. The predicted molar refractivity (Wildman–Crippen MR) is 107 cm³/mol. The molecule has 0 unspecified atom stereocenters. The second kappa shape index (κ2) is 5.66. The molecule has 0 atom stereocenters. The SMILES string of the molecule is CN1C2CC3CC1CC(C2)N3C(=O)c1n[nH]c2cc(-c3cccs3)ccc12. The molecular weight excluding hydrogens is 356 g/mol. The third-order valence-electron chi connectivity index (χ3n) is 6.92. The van der Waals surface area contributed by atoms with Gasteiger partial charge in [0.05, 0.1) is 5.52 Å². The molecule has 7 rings (SSSR count). The van der Waals surface area contributed by atoms with Crippen molar-refractivity contribution >= 4 is 28.1 Å². The number of hydrogen-bond acceptors (Lipinski definition) is 4. The van der Waals surface area contributed by atoms with Crippen molar-refractivity contribution < 1.29 is 4.79 Å². The standard InChI is InChI=1S/C21H22N4OS/c1-24-13-8-15-10-14(24)11-16(9-13)25(15)21(26)20-17-5-4-12(7-18(17)22-23-20)19-3-2-6-27-19/h2-7,13-16H,8-11H2,1H3,(H,22,23). The van der Waals surface area contributed by atoms with Crippen molar-refractivity contribution in [1.82, 2.24) is 20.0 Å². The van der Waals surface area contributed by atoms with Gasteiger partial charge in [-0.15, -0.1) is 11.3 Å². The van der Waals surface area contributed by atoms with Gasteiger partial charge in [0.25, 0.3) is 5.91 Å². The number of fused-ring (bicyclic) bond motifs is 1. The molecule has 4 bridgehead atoms. The number of benzene rings is 1. The largest absolute Gasteiger partial charge is 0.331 e. The van der Waals surface area contributed by atoms with Crippen LogP contribution in [0.2, 0.25) is 0 Å². The van der Waals surface area contributed by atoms with Gasteiger partial charge < -0.3 is 9.80 Å². The monoisotopic (exact) mass is 378 g/mol. The molecular formula is C21H22N4OS. The maximum atomic E-state index is 13.4. The van der Waals surface area contributed by atoms with E-state index in [1.807, 2.05) is 6.07 Å². The van der Waals surface area contributed by atoms with E-state index in [1.54, 1.807) is 11.3 Å². The second-order valence-corrected chi connectivity index (χ2v) is 9.19. The van der Waals surface area contributed by atoms with Crippen molar-refractivity contribution in [1.29, 1.82) is 0 Å². The van der Waals surface area contributed by atoms with Crippen LogP contribution in [0.3, 0.4) is 0 Å². The highest BCUT2D eigenvalue weighted by Gasteiger charge is 2.51. The van der Waals surface area contributed by atoms with Gasteiger partial charge in [-0.2, -0.15) is 5.10 Å². The molecule has 6 heterocycles. The Labute approximate surface area is 162 Å². The summed E-state index contributed by atoms with van der Waals surface area (Å²) in [5.74, 6) is 0.113. The highest BCUT2D eigenvalue weighted by atomic mass is 32.1. The summed E-state index contributed by atoms with van der Waals surface area (Å²) in [7, 11) is 2.26. The molecule has 0 spiro atoms. The summed E-state index contributed by atoms with van der Waals surface area (Å²) >= 11 is 1.72. The fourth-order valence-electron chi connectivity index (χ4n) is 5.59. The summed E-state index contributed by atoms with van der Waals surface area (Å²) in [4.78, 5) is 19.4. The molecule has 4 aliphatic heterocycles. The fraction of sp³-hybridized carbons (Fsp3) is 0.429. The molecule has 2 aromatic heterocycles. The summed E-state index contributed by atoms with van der Waals surface area (Å²) in [5, 5.41) is 10.6. The van der Waals surface area contributed by atoms with Crippen molar-refractivity contribution in [2.24, 2.45) is 0 Å². The van der Waals surface area contributed by atoms with E-state index >= 15 is 0 Å². The van der Waals surface area contributed by atoms with Crippen molar-refractivity contribution in [3.8, 4) is 10.4 Å². The van der Waals surface area contributed by atoms with Gasteiger partial charge in [-0.25, -0.2) is 0 Å². The number of H-pyrrole nitrogens is 1. The number of amides is 1. The molecule has 1 amide bonds. The van der Waals surface area contributed by atoms with E-state index in [-0.39, 0.29) is 5.91 Å². The average Bonchev–Trinajstić information content (AvgIpc) is 3.33. The smallest absolute Gasteiger partial charge is 0.275 e. The number of nitrogens with zero attached hydrogens (tertiary/aromatic N) is 3. The van der Waals surface area contributed by atoms with Crippen LogP contribution in [0.4, 0.5) is 0 Å².